The first-order valence-electron chi connectivity index (χ1n) is 36.1. The summed E-state index contributed by atoms with van der Waals surface area (Å²) in [5.41, 5.74) is 13.3. The van der Waals surface area contributed by atoms with Gasteiger partial charge in [0, 0.05) is 36.7 Å². The van der Waals surface area contributed by atoms with Gasteiger partial charge in [0.15, 0.2) is 0 Å². The second-order valence-electron chi connectivity index (χ2n) is 23.5. The monoisotopic (exact) mass is 1410 g/mol. The maximum Gasteiger partial charge on any atom is 0.513 e. The van der Waals surface area contributed by atoms with Gasteiger partial charge in [-0.25, -0.2) is 9.59 Å². The summed E-state index contributed by atoms with van der Waals surface area (Å²) in [5.74, 6) is 1.85. The van der Waals surface area contributed by atoms with E-state index < -0.39 is 15.8 Å². The van der Waals surface area contributed by atoms with E-state index in [-0.39, 0.29) is 28.9 Å². The van der Waals surface area contributed by atoms with Crippen molar-refractivity contribution in [2.24, 2.45) is 5.73 Å². The van der Waals surface area contributed by atoms with Gasteiger partial charge in [-0.1, -0.05) is 317 Å². The fourth-order valence-corrected chi connectivity index (χ4v) is 13.5. The maximum atomic E-state index is 12.4. The number of ether oxygens (including phenoxy) is 3. The van der Waals surface area contributed by atoms with Crippen LogP contribution >= 0.6 is 23.5 Å². The van der Waals surface area contributed by atoms with E-state index >= 15 is 0 Å². The molecule has 102 heavy (non-hydrogen) atoms. The Morgan fingerprint density at radius 1 is 0.402 bits per heavy atom. The first-order chi connectivity index (χ1) is 50.3. The third-order valence-corrected chi connectivity index (χ3v) is 18.9. The highest BCUT2D eigenvalue weighted by Crippen LogP contribution is 2.49. The first-order valence-corrected chi connectivity index (χ1v) is 38.1. The lowest BCUT2D eigenvalue weighted by molar-refractivity contribution is -0.384. The van der Waals surface area contributed by atoms with Crippen LogP contribution in [0.2, 0.25) is 0 Å². The van der Waals surface area contributed by atoms with Crippen molar-refractivity contribution < 1.29 is 28.7 Å². The number of alkyl carbamates (subject to hydrolysis) is 1. The van der Waals surface area contributed by atoms with Gasteiger partial charge in [-0.05, 0) is 148 Å². The van der Waals surface area contributed by atoms with Crippen molar-refractivity contribution in [2.45, 2.75) is 126 Å². The van der Waals surface area contributed by atoms with Gasteiger partial charge in [0.1, 0.15) is 5.75 Å². The lowest BCUT2D eigenvalue weighted by Gasteiger charge is -2.35. The summed E-state index contributed by atoms with van der Waals surface area (Å²) >= 11 is 3.74. The van der Waals surface area contributed by atoms with Crippen LogP contribution in [-0.2, 0) is 19.0 Å². The van der Waals surface area contributed by atoms with E-state index in [0.29, 0.717) is 19.7 Å². The van der Waals surface area contributed by atoms with Crippen LogP contribution in [0.3, 0.4) is 0 Å². The molecule has 7 aromatic carbocycles. The Balaban J connectivity index is 0.000000292. The number of benzene rings is 7. The molecule has 10 nitrogen and oxygen atoms in total. The molecule has 0 aliphatic rings. The summed E-state index contributed by atoms with van der Waals surface area (Å²) in [4.78, 5) is 34.1. The molecule has 0 aromatic heterocycles. The molecule has 0 spiro atoms. The third kappa shape index (κ3) is 33.3. The normalized spacial score (nSPS) is 12.0. The molecule has 0 aliphatic heterocycles. The number of rotatable bonds is 43. The van der Waals surface area contributed by atoms with Gasteiger partial charge in [-0.3, -0.25) is 10.1 Å². The molecule has 0 aliphatic carbocycles. The van der Waals surface area contributed by atoms with Crippen LogP contribution in [-0.4, -0.2) is 55.0 Å². The van der Waals surface area contributed by atoms with Gasteiger partial charge in [0.05, 0.1) is 27.6 Å². The van der Waals surface area contributed by atoms with Crippen molar-refractivity contribution in [3.8, 4) is 5.75 Å². The minimum atomic E-state index is -0.807. The minimum absolute atomic E-state index is 0.0641. The summed E-state index contributed by atoms with van der Waals surface area (Å²) in [6.07, 6.45) is 58.1. The molecule has 1 amide bonds. The van der Waals surface area contributed by atoms with E-state index in [2.05, 4.69) is 323 Å². The number of hydrogen-bond donors (Lipinski definition) is 2. The van der Waals surface area contributed by atoms with Crippen molar-refractivity contribution in [3.63, 3.8) is 0 Å². The lowest BCUT2D eigenvalue weighted by Crippen LogP contribution is -2.30. The average molecular weight is 1410 g/mol. The van der Waals surface area contributed by atoms with E-state index in [0.717, 1.165) is 114 Å². The molecule has 12 heteroatoms. The van der Waals surface area contributed by atoms with Crippen molar-refractivity contribution >= 4 is 41.5 Å². The van der Waals surface area contributed by atoms with Gasteiger partial charge in [0.2, 0.25) is 0 Å². The van der Waals surface area contributed by atoms with Crippen LogP contribution < -0.4 is 15.8 Å². The van der Waals surface area contributed by atoms with E-state index in [1.807, 2.05) is 23.5 Å². The zero-order valence-corrected chi connectivity index (χ0v) is 61.6. The largest absolute Gasteiger partial charge is 0.513 e. The molecule has 0 fully saturated rings. The molecule has 0 radical (unpaired) electrons. The number of nitrogens with one attached hydrogen (secondary N) is 1. The molecule has 0 heterocycles. The molecule has 0 unspecified atom stereocenters. The number of non-ortho nitro benzene ring substituents is 1. The Bertz CT molecular complexity index is 3450. The first kappa shape index (κ1) is 83.2. The zero-order valence-electron chi connectivity index (χ0n) is 59.9. The van der Waals surface area contributed by atoms with Gasteiger partial charge in [0.25, 0.3) is 5.69 Å². The Hall–Kier alpha value is -9.46. The van der Waals surface area contributed by atoms with E-state index in [1.165, 1.54) is 57.6 Å². The third-order valence-electron chi connectivity index (χ3n) is 15.8. The molecule has 0 atom stereocenters. The molecule has 7 rings (SSSR count). The number of allylic oxidation sites excluding steroid dienone is 20. The molecular formula is C90H107N3O7S2. The molecular weight excluding hydrogens is 1300 g/mol. The van der Waals surface area contributed by atoms with Crippen LogP contribution in [0, 0.1) is 10.1 Å². The van der Waals surface area contributed by atoms with Crippen molar-refractivity contribution in [1.29, 1.82) is 0 Å². The topological polar surface area (TPSA) is 143 Å². The fourth-order valence-electron chi connectivity index (χ4n) is 10.7. The second kappa shape index (κ2) is 54.3. The summed E-state index contributed by atoms with van der Waals surface area (Å²) in [6, 6.07) is 69.2. The number of nitrogens with two attached hydrogens (primary N) is 1. The predicted octanol–water partition coefficient (Wildman–Crippen LogP) is 24.1. The quantitative estimate of drug-likeness (QED) is 0.00721. The molecule has 7 aromatic rings. The van der Waals surface area contributed by atoms with Gasteiger partial charge >= 0.3 is 12.2 Å². The van der Waals surface area contributed by atoms with Crippen LogP contribution in [0.5, 0.6) is 5.75 Å². The number of thioether (sulfide) groups is 2. The van der Waals surface area contributed by atoms with Crippen molar-refractivity contribution in [1.82, 2.24) is 5.32 Å². The van der Waals surface area contributed by atoms with Crippen LogP contribution in [0.1, 0.15) is 150 Å². The standard InChI is InChI=1S/C42H51NO2S.C27H35NO5.C21H21NS/c1-2-3-4-5-6-7-8-9-10-11-12-13-14-15-16-17-18-28-36-45-41(44)43-35-37-46-42(38-29-22-19-23-30-38,39-31-24-20-25-32-39)40-33-26-21-27-34-40;1-2-3-4-5-6-7-8-9-10-11-12-13-14-15-16-17-18-19-24-32-27(29)33-26-22-20-25(21-23-26)28(30)31;22-16-17-23-21(18-10-4-1-5-11-18,19-12-6-2-7-13-19)20-14-8-3-9-15-20/h3-4,6-7,9-10,12-13,15-16,19-27,29-34H,2,5,8,11,14,17-18,28,35-37H2,1H3,(H,43,44);3-4,6-7,9-10,12-13,15-16,20-23H,2,5,8,11,14,17-19,24H2,1H3;1-15H,16-17,22H2/b2*4-3-,7-6-,10-9-,13-12-,16-15-;. The molecule has 0 saturated carbocycles. The van der Waals surface area contributed by atoms with Crippen LogP contribution in [0.15, 0.2) is 328 Å². The number of carbonyl (C=O) groups excluding carboxylic acids is 2. The number of carbonyl (C=O) groups is 2. The predicted molar refractivity (Wildman–Crippen MR) is 433 cm³/mol. The molecule has 0 saturated heterocycles. The van der Waals surface area contributed by atoms with Crippen molar-refractivity contribution in [2.75, 3.05) is 37.8 Å². The zero-order chi connectivity index (χ0) is 72.3. The highest BCUT2D eigenvalue weighted by molar-refractivity contribution is 8.00. The number of nitro benzene ring substituents is 1. The van der Waals surface area contributed by atoms with Gasteiger partial charge in [-0.15, -0.1) is 23.5 Å². The number of unbranched alkanes of at least 4 members (excludes halogenated alkanes) is 4. The van der Waals surface area contributed by atoms with Gasteiger partial charge in [-0.2, -0.15) is 0 Å². The summed E-state index contributed by atoms with van der Waals surface area (Å²) in [6.45, 7) is 6.20. The summed E-state index contributed by atoms with van der Waals surface area (Å²) in [7, 11) is 0. The number of nitrogens with zero attached hydrogens (tertiary/aromatic N) is 1. The smallest absolute Gasteiger partial charge is 0.450 e. The SMILES string of the molecule is CC/C=C\C/C=C\C/C=C\C/C=C\C/C=C\CCCCOC(=O)NCCSC(c1ccccc1)(c1ccccc1)c1ccccc1.CC/C=C\C/C=C\C/C=C\C/C=C\C/C=C\CCCCOC(=O)Oc1ccc([N+](=O)[O-])cc1.NCCSC(c1ccccc1)(c1ccccc1)c1ccccc1. The highest BCUT2D eigenvalue weighted by Gasteiger charge is 2.38. The Morgan fingerprint density at radius 3 is 1.00 bits per heavy atom. The van der Waals surface area contributed by atoms with Crippen LogP contribution in [0.4, 0.5) is 15.3 Å². The van der Waals surface area contributed by atoms with E-state index in [4.69, 9.17) is 19.9 Å². The van der Waals surface area contributed by atoms with Gasteiger partial charge < -0.3 is 25.3 Å². The van der Waals surface area contributed by atoms with Crippen molar-refractivity contribution in [3.05, 3.63) is 371 Å². The maximum absolute atomic E-state index is 12.4. The lowest BCUT2D eigenvalue weighted by atomic mass is 9.84. The van der Waals surface area contributed by atoms with E-state index in [1.54, 1.807) is 0 Å². The minimum Gasteiger partial charge on any atom is -0.450 e. The number of hydrogen-bond acceptors (Lipinski definition) is 10. The average Bonchev–Trinajstić information content (AvgIpc) is 0.768. The number of nitro groups is 1. The highest BCUT2D eigenvalue weighted by atomic mass is 32.2. The fraction of sp³-hybridized carbons (Fsp3) is 0.289. The molecule has 3 N–H and O–H groups in total. The second-order valence-corrected chi connectivity index (χ2v) is 26.1. The number of amides is 1. The Labute approximate surface area is 618 Å². The van der Waals surface area contributed by atoms with Crippen LogP contribution in [0.25, 0.3) is 0 Å². The molecule has 536 valence electrons. The molecule has 0 bridgehead atoms. The summed E-state index contributed by atoms with van der Waals surface area (Å²) in [5, 5.41) is 13.5. The Morgan fingerprint density at radius 2 is 0.696 bits per heavy atom. The Kier molecular flexibility index (Phi) is 44.3. The van der Waals surface area contributed by atoms with E-state index in [9.17, 15) is 19.7 Å². The summed E-state index contributed by atoms with van der Waals surface area (Å²) < 4.78 is 14.8.